The second-order valence-corrected chi connectivity index (χ2v) is 3.05. The van der Waals surface area contributed by atoms with Crippen molar-refractivity contribution in [3.05, 3.63) is 12.7 Å². The third-order valence-electron chi connectivity index (χ3n) is 1.38. The van der Waals surface area contributed by atoms with Crippen molar-refractivity contribution in [2.75, 3.05) is 6.61 Å². The molecule has 0 aliphatic heterocycles. The maximum Gasteiger partial charge on any atom is 0.243 e. The Kier molecular flexibility index (Phi) is 3.82. The van der Waals surface area contributed by atoms with Gasteiger partial charge in [0.15, 0.2) is 0 Å². The van der Waals surface area contributed by atoms with Crippen molar-refractivity contribution in [1.29, 1.82) is 0 Å². The second-order valence-electron chi connectivity index (χ2n) is 3.05. The van der Waals surface area contributed by atoms with Gasteiger partial charge in [-0.15, -0.1) is 0 Å². The van der Waals surface area contributed by atoms with Crippen LogP contribution in [-0.2, 0) is 4.79 Å². The second kappa shape index (κ2) is 4.13. The van der Waals surface area contributed by atoms with Crippen LogP contribution in [0.3, 0.4) is 0 Å². The van der Waals surface area contributed by atoms with Crippen LogP contribution in [0.25, 0.3) is 0 Å². The van der Waals surface area contributed by atoms with E-state index in [1.54, 1.807) is 0 Å². The SMILES string of the molecule is C=CC(=O)NC(C)(C)CCO. The summed E-state index contributed by atoms with van der Waals surface area (Å²) < 4.78 is 0. The first kappa shape index (κ1) is 10.2. The van der Waals surface area contributed by atoms with Gasteiger partial charge in [0.05, 0.1) is 0 Å². The Morgan fingerprint density at radius 2 is 2.27 bits per heavy atom. The lowest BCUT2D eigenvalue weighted by molar-refractivity contribution is -0.118. The van der Waals surface area contributed by atoms with E-state index in [0.29, 0.717) is 6.42 Å². The Hall–Kier alpha value is -0.830. The van der Waals surface area contributed by atoms with E-state index < -0.39 is 0 Å². The number of nitrogens with one attached hydrogen (secondary N) is 1. The van der Waals surface area contributed by atoms with Gasteiger partial charge in [-0.3, -0.25) is 4.79 Å². The fraction of sp³-hybridized carbons (Fsp3) is 0.625. The van der Waals surface area contributed by atoms with Crippen LogP contribution in [0.15, 0.2) is 12.7 Å². The molecule has 0 rings (SSSR count). The number of aliphatic hydroxyl groups is 1. The first-order chi connectivity index (χ1) is 5.02. The minimum Gasteiger partial charge on any atom is -0.396 e. The van der Waals surface area contributed by atoms with Crippen molar-refractivity contribution < 1.29 is 9.90 Å². The molecule has 0 spiro atoms. The van der Waals surface area contributed by atoms with Gasteiger partial charge in [-0.25, -0.2) is 0 Å². The van der Waals surface area contributed by atoms with Gasteiger partial charge in [0.2, 0.25) is 5.91 Å². The molecule has 64 valence electrons. The Morgan fingerprint density at radius 3 is 2.64 bits per heavy atom. The van der Waals surface area contributed by atoms with Crippen molar-refractivity contribution in [2.45, 2.75) is 25.8 Å². The number of carbonyl (C=O) groups excluding carboxylic acids is 1. The lowest BCUT2D eigenvalue weighted by Crippen LogP contribution is -2.43. The summed E-state index contributed by atoms with van der Waals surface area (Å²) >= 11 is 0. The molecular weight excluding hydrogens is 142 g/mol. The van der Waals surface area contributed by atoms with E-state index in [0.717, 1.165) is 0 Å². The zero-order valence-corrected chi connectivity index (χ0v) is 7.05. The third-order valence-corrected chi connectivity index (χ3v) is 1.38. The van der Waals surface area contributed by atoms with Crippen LogP contribution >= 0.6 is 0 Å². The van der Waals surface area contributed by atoms with E-state index in [1.807, 2.05) is 13.8 Å². The molecule has 0 radical (unpaired) electrons. The topological polar surface area (TPSA) is 49.3 Å². The van der Waals surface area contributed by atoms with Crippen molar-refractivity contribution >= 4 is 5.91 Å². The molecule has 0 bridgehead atoms. The number of amides is 1. The maximum absolute atomic E-state index is 10.8. The molecule has 1 amide bonds. The Bertz CT molecular complexity index is 152. The van der Waals surface area contributed by atoms with E-state index in [-0.39, 0.29) is 18.1 Å². The molecule has 11 heavy (non-hydrogen) atoms. The Labute approximate surface area is 67.1 Å². The zero-order chi connectivity index (χ0) is 8.91. The molecule has 0 aromatic heterocycles. The summed E-state index contributed by atoms with van der Waals surface area (Å²) in [6.07, 6.45) is 1.77. The average Bonchev–Trinajstić information content (AvgIpc) is 1.86. The van der Waals surface area contributed by atoms with E-state index >= 15 is 0 Å². The van der Waals surface area contributed by atoms with Crippen molar-refractivity contribution in [1.82, 2.24) is 5.32 Å². The predicted molar refractivity (Wildman–Crippen MR) is 44.1 cm³/mol. The van der Waals surface area contributed by atoms with Gasteiger partial charge >= 0.3 is 0 Å². The standard InChI is InChI=1S/C8H15NO2/c1-4-7(11)9-8(2,3)5-6-10/h4,10H,1,5-6H2,2-3H3,(H,9,11). The minimum atomic E-state index is -0.347. The summed E-state index contributed by atoms with van der Waals surface area (Å²) in [6, 6.07) is 0. The summed E-state index contributed by atoms with van der Waals surface area (Å²) in [6.45, 7) is 7.11. The third kappa shape index (κ3) is 4.56. The number of rotatable bonds is 4. The number of hydrogen-bond donors (Lipinski definition) is 2. The fourth-order valence-electron chi connectivity index (χ4n) is 0.727. The monoisotopic (exact) mass is 157 g/mol. The zero-order valence-electron chi connectivity index (χ0n) is 7.05. The van der Waals surface area contributed by atoms with Crippen molar-refractivity contribution in [2.24, 2.45) is 0 Å². The normalized spacial score (nSPS) is 10.8. The summed E-state index contributed by atoms with van der Waals surface area (Å²) in [4.78, 5) is 10.8. The lowest BCUT2D eigenvalue weighted by atomic mass is 10.0. The van der Waals surface area contributed by atoms with Gasteiger partial charge in [-0.2, -0.15) is 0 Å². The van der Waals surface area contributed by atoms with Crippen LogP contribution in [0, 0.1) is 0 Å². The predicted octanol–water partition coefficient (Wildman–Crippen LogP) is 0.450. The first-order valence-corrected chi connectivity index (χ1v) is 3.57. The lowest BCUT2D eigenvalue weighted by Gasteiger charge is -2.24. The highest BCUT2D eigenvalue weighted by Gasteiger charge is 2.17. The molecular formula is C8H15NO2. The van der Waals surface area contributed by atoms with Crippen LogP contribution < -0.4 is 5.32 Å². The van der Waals surface area contributed by atoms with Crippen LogP contribution in [0.4, 0.5) is 0 Å². The molecule has 0 aromatic rings. The molecule has 0 aliphatic carbocycles. The smallest absolute Gasteiger partial charge is 0.243 e. The van der Waals surface area contributed by atoms with Gasteiger partial charge in [0.1, 0.15) is 0 Å². The summed E-state index contributed by atoms with van der Waals surface area (Å²) in [5.41, 5.74) is -0.347. The summed E-state index contributed by atoms with van der Waals surface area (Å²) in [7, 11) is 0. The molecule has 3 nitrogen and oxygen atoms in total. The molecule has 0 fully saturated rings. The molecule has 0 atom stereocenters. The Balaban J connectivity index is 3.89. The minimum absolute atomic E-state index is 0.0738. The van der Waals surface area contributed by atoms with Crippen LogP contribution in [-0.4, -0.2) is 23.2 Å². The maximum atomic E-state index is 10.8. The molecule has 0 unspecified atom stereocenters. The van der Waals surface area contributed by atoms with E-state index in [1.165, 1.54) is 6.08 Å². The highest BCUT2D eigenvalue weighted by Crippen LogP contribution is 2.06. The molecule has 3 heteroatoms. The highest BCUT2D eigenvalue weighted by molar-refractivity contribution is 5.87. The molecule has 2 N–H and O–H groups in total. The number of carbonyl (C=O) groups is 1. The van der Waals surface area contributed by atoms with E-state index in [2.05, 4.69) is 11.9 Å². The van der Waals surface area contributed by atoms with Gasteiger partial charge in [-0.05, 0) is 26.3 Å². The van der Waals surface area contributed by atoms with E-state index in [4.69, 9.17) is 5.11 Å². The van der Waals surface area contributed by atoms with Crippen molar-refractivity contribution in [3.63, 3.8) is 0 Å². The Morgan fingerprint density at radius 1 is 1.73 bits per heavy atom. The molecule has 0 heterocycles. The summed E-state index contributed by atoms with van der Waals surface area (Å²) in [5, 5.41) is 11.3. The van der Waals surface area contributed by atoms with Crippen molar-refractivity contribution in [3.8, 4) is 0 Å². The molecule has 0 saturated heterocycles. The quantitative estimate of drug-likeness (QED) is 0.582. The largest absolute Gasteiger partial charge is 0.396 e. The molecule has 0 aliphatic rings. The van der Waals surface area contributed by atoms with Crippen LogP contribution in [0.5, 0.6) is 0 Å². The highest BCUT2D eigenvalue weighted by atomic mass is 16.3. The van der Waals surface area contributed by atoms with E-state index in [9.17, 15) is 4.79 Å². The van der Waals surface area contributed by atoms with Crippen LogP contribution in [0.2, 0.25) is 0 Å². The van der Waals surface area contributed by atoms with Gasteiger partial charge in [-0.1, -0.05) is 6.58 Å². The number of hydrogen-bond acceptors (Lipinski definition) is 2. The molecule has 0 aromatic carbocycles. The van der Waals surface area contributed by atoms with Gasteiger partial charge in [0, 0.05) is 12.1 Å². The number of aliphatic hydroxyl groups excluding tert-OH is 1. The van der Waals surface area contributed by atoms with Crippen LogP contribution in [0.1, 0.15) is 20.3 Å². The first-order valence-electron chi connectivity index (χ1n) is 3.57. The summed E-state index contributed by atoms with van der Waals surface area (Å²) in [5.74, 6) is -0.205. The average molecular weight is 157 g/mol. The van der Waals surface area contributed by atoms with Gasteiger partial charge in [0.25, 0.3) is 0 Å². The molecule has 0 saturated carbocycles. The van der Waals surface area contributed by atoms with Gasteiger partial charge < -0.3 is 10.4 Å². The fourth-order valence-corrected chi connectivity index (χ4v) is 0.727.